The van der Waals surface area contributed by atoms with Gasteiger partial charge >= 0.3 is 5.97 Å². The Balaban J connectivity index is 2.55. The average molecular weight is 251 g/mol. The molecule has 100 valence electrons. The van der Waals surface area contributed by atoms with E-state index in [2.05, 4.69) is 36.1 Å². The lowest BCUT2D eigenvalue weighted by atomic mass is 10.0. The number of aromatic carboxylic acids is 1. The highest BCUT2D eigenvalue weighted by molar-refractivity contribution is 5.88. The van der Waals surface area contributed by atoms with E-state index in [9.17, 15) is 4.79 Å². The second kappa shape index (κ2) is 7.06. The molecule has 2 unspecified atom stereocenters. The molecule has 0 fully saturated rings. The molecular formula is C13H21N3O2. The van der Waals surface area contributed by atoms with Crippen LogP contribution in [-0.4, -0.2) is 27.1 Å². The minimum atomic E-state index is -0.984. The first-order valence-electron chi connectivity index (χ1n) is 6.30. The summed E-state index contributed by atoms with van der Waals surface area (Å²) in [6, 6.07) is 0.344. The number of carboxylic acid groups (broad SMARTS) is 1. The van der Waals surface area contributed by atoms with Gasteiger partial charge in [-0.2, -0.15) is 0 Å². The van der Waals surface area contributed by atoms with E-state index in [0.29, 0.717) is 24.2 Å². The van der Waals surface area contributed by atoms with Gasteiger partial charge < -0.3 is 10.4 Å². The number of hydrogen-bond acceptors (Lipinski definition) is 4. The van der Waals surface area contributed by atoms with Crippen LogP contribution in [0.3, 0.4) is 0 Å². The molecule has 0 aliphatic carbocycles. The minimum absolute atomic E-state index is 0.167. The molecule has 0 aromatic carbocycles. The van der Waals surface area contributed by atoms with Crippen LogP contribution < -0.4 is 5.32 Å². The highest BCUT2D eigenvalue weighted by Gasteiger charge is 2.12. The third-order valence-electron chi connectivity index (χ3n) is 3.10. The van der Waals surface area contributed by atoms with E-state index >= 15 is 0 Å². The zero-order chi connectivity index (χ0) is 13.5. The molecular weight excluding hydrogens is 230 g/mol. The smallest absolute Gasteiger partial charge is 0.339 e. The van der Waals surface area contributed by atoms with Crippen molar-refractivity contribution < 1.29 is 9.90 Å². The normalized spacial score (nSPS) is 14.2. The van der Waals surface area contributed by atoms with Gasteiger partial charge in [-0.1, -0.05) is 20.3 Å². The Labute approximate surface area is 108 Å². The zero-order valence-corrected chi connectivity index (χ0v) is 11.2. The lowest BCUT2D eigenvalue weighted by molar-refractivity contribution is 0.0694. The van der Waals surface area contributed by atoms with Crippen LogP contribution >= 0.6 is 0 Å². The van der Waals surface area contributed by atoms with Gasteiger partial charge in [0.15, 0.2) is 0 Å². The Hall–Kier alpha value is -1.49. The third-order valence-corrected chi connectivity index (χ3v) is 3.10. The minimum Gasteiger partial charge on any atom is -0.478 e. The molecule has 0 aliphatic heterocycles. The van der Waals surface area contributed by atoms with Crippen LogP contribution in [0.4, 0.5) is 0 Å². The molecule has 5 heteroatoms. The summed E-state index contributed by atoms with van der Waals surface area (Å²) in [4.78, 5) is 18.7. The highest BCUT2D eigenvalue weighted by Crippen LogP contribution is 2.10. The maximum Gasteiger partial charge on any atom is 0.339 e. The Kier molecular flexibility index (Phi) is 5.71. The zero-order valence-electron chi connectivity index (χ0n) is 11.2. The standard InChI is InChI=1S/C13H21N3O2/c1-4-9(2)5-10(3)15-7-12-11(13(17)18)6-14-8-16-12/h6,8-10,15H,4-5,7H2,1-3H3,(H,17,18). The van der Waals surface area contributed by atoms with E-state index in [1.807, 2.05) is 0 Å². The SMILES string of the molecule is CCC(C)CC(C)NCc1ncncc1C(=O)O. The molecule has 1 aromatic heterocycles. The number of rotatable bonds is 7. The molecule has 0 bridgehead atoms. The Morgan fingerprint density at radius 3 is 2.83 bits per heavy atom. The molecule has 0 radical (unpaired) electrons. The van der Waals surface area contributed by atoms with Gasteiger partial charge in [-0.15, -0.1) is 0 Å². The van der Waals surface area contributed by atoms with Crippen LogP contribution in [0, 0.1) is 5.92 Å². The van der Waals surface area contributed by atoms with Gasteiger partial charge in [-0.25, -0.2) is 14.8 Å². The number of aromatic nitrogens is 2. The summed E-state index contributed by atoms with van der Waals surface area (Å²) in [5.41, 5.74) is 0.703. The highest BCUT2D eigenvalue weighted by atomic mass is 16.4. The van der Waals surface area contributed by atoms with Crippen LogP contribution in [0.15, 0.2) is 12.5 Å². The number of carbonyl (C=O) groups is 1. The summed E-state index contributed by atoms with van der Waals surface area (Å²) in [5.74, 6) is -0.321. The topological polar surface area (TPSA) is 75.1 Å². The fourth-order valence-electron chi connectivity index (χ4n) is 1.80. The monoisotopic (exact) mass is 251 g/mol. The molecule has 0 saturated heterocycles. The van der Waals surface area contributed by atoms with Crippen molar-refractivity contribution in [2.45, 2.75) is 46.2 Å². The molecule has 0 saturated carbocycles. The Morgan fingerprint density at radius 2 is 2.22 bits per heavy atom. The van der Waals surface area contributed by atoms with Gasteiger partial charge in [0.05, 0.1) is 5.69 Å². The van der Waals surface area contributed by atoms with E-state index in [4.69, 9.17) is 5.11 Å². The fourth-order valence-corrected chi connectivity index (χ4v) is 1.80. The summed E-state index contributed by atoms with van der Waals surface area (Å²) < 4.78 is 0. The second-order valence-corrected chi connectivity index (χ2v) is 4.72. The van der Waals surface area contributed by atoms with Crippen molar-refractivity contribution >= 4 is 5.97 Å². The van der Waals surface area contributed by atoms with Crippen LogP contribution in [0.25, 0.3) is 0 Å². The van der Waals surface area contributed by atoms with Gasteiger partial charge in [0.1, 0.15) is 11.9 Å². The van der Waals surface area contributed by atoms with Crippen molar-refractivity contribution in [3.8, 4) is 0 Å². The molecule has 1 aromatic rings. The van der Waals surface area contributed by atoms with Gasteiger partial charge in [0.25, 0.3) is 0 Å². The van der Waals surface area contributed by atoms with E-state index < -0.39 is 5.97 Å². The van der Waals surface area contributed by atoms with Gasteiger partial charge in [-0.05, 0) is 19.3 Å². The molecule has 2 atom stereocenters. The summed E-state index contributed by atoms with van der Waals surface area (Å²) >= 11 is 0. The van der Waals surface area contributed by atoms with Crippen molar-refractivity contribution in [1.82, 2.24) is 15.3 Å². The Bertz CT molecular complexity index is 396. The summed E-state index contributed by atoms with van der Waals surface area (Å²) in [6.45, 7) is 6.95. The lowest BCUT2D eigenvalue weighted by Gasteiger charge is -2.17. The van der Waals surface area contributed by atoms with Crippen molar-refractivity contribution in [2.24, 2.45) is 5.92 Å². The van der Waals surface area contributed by atoms with Gasteiger partial charge in [0.2, 0.25) is 0 Å². The van der Waals surface area contributed by atoms with E-state index in [1.54, 1.807) is 0 Å². The van der Waals surface area contributed by atoms with Crippen molar-refractivity contribution in [3.05, 3.63) is 23.8 Å². The van der Waals surface area contributed by atoms with Crippen LogP contribution in [-0.2, 0) is 6.54 Å². The van der Waals surface area contributed by atoms with Gasteiger partial charge in [-0.3, -0.25) is 0 Å². The molecule has 0 spiro atoms. The maximum atomic E-state index is 11.0. The predicted octanol–water partition coefficient (Wildman–Crippen LogP) is 2.09. The van der Waals surface area contributed by atoms with Crippen molar-refractivity contribution in [1.29, 1.82) is 0 Å². The number of hydrogen-bond donors (Lipinski definition) is 2. The quantitative estimate of drug-likeness (QED) is 0.776. The first kappa shape index (κ1) is 14.6. The summed E-state index contributed by atoms with van der Waals surface area (Å²) in [5, 5.41) is 12.3. The summed E-state index contributed by atoms with van der Waals surface area (Å²) in [6.07, 6.45) is 4.94. The van der Waals surface area contributed by atoms with Gasteiger partial charge in [0, 0.05) is 18.8 Å². The number of nitrogens with zero attached hydrogens (tertiary/aromatic N) is 2. The molecule has 1 heterocycles. The fraction of sp³-hybridized carbons (Fsp3) is 0.615. The van der Waals surface area contributed by atoms with Crippen molar-refractivity contribution in [2.75, 3.05) is 0 Å². The largest absolute Gasteiger partial charge is 0.478 e. The van der Waals surface area contributed by atoms with E-state index in [1.165, 1.54) is 12.5 Å². The lowest BCUT2D eigenvalue weighted by Crippen LogP contribution is -2.28. The van der Waals surface area contributed by atoms with Crippen molar-refractivity contribution in [3.63, 3.8) is 0 Å². The summed E-state index contributed by atoms with van der Waals surface area (Å²) in [7, 11) is 0. The number of nitrogens with one attached hydrogen (secondary N) is 1. The maximum absolute atomic E-state index is 11.0. The predicted molar refractivity (Wildman–Crippen MR) is 69.4 cm³/mol. The molecule has 1 rings (SSSR count). The molecule has 2 N–H and O–H groups in total. The second-order valence-electron chi connectivity index (χ2n) is 4.72. The molecule has 18 heavy (non-hydrogen) atoms. The first-order chi connectivity index (χ1) is 8.54. The number of carboxylic acids is 1. The van der Waals surface area contributed by atoms with Crippen LogP contribution in [0.2, 0.25) is 0 Å². The van der Waals surface area contributed by atoms with E-state index in [0.717, 1.165) is 12.8 Å². The third kappa shape index (κ3) is 4.41. The molecule has 0 amide bonds. The molecule has 5 nitrogen and oxygen atoms in total. The average Bonchev–Trinajstić information content (AvgIpc) is 2.36. The molecule has 0 aliphatic rings. The van der Waals surface area contributed by atoms with E-state index in [-0.39, 0.29) is 5.56 Å². The van der Waals surface area contributed by atoms with Crippen LogP contribution in [0.5, 0.6) is 0 Å². The Morgan fingerprint density at radius 1 is 1.50 bits per heavy atom. The van der Waals surface area contributed by atoms with Crippen LogP contribution in [0.1, 0.15) is 49.7 Å². The first-order valence-corrected chi connectivity index (χ1v) is 6.30.